The molecule has 0 amide bonds. The Bertz CT molecular complexity index is 696. The van der Waals surface area contributed by atoms with Crippen molar-refractivity contribution in [3.8, 4) is 0 Å². The molecule has 0 aliphatic rings. The van der Waals surface area contributed by atoms with Crippen molar-refractivity contribution in [3.05, 3.63) is 0 Å². The minimum absolute atomic E-state index is 0.0260. The molecule has 0 spiro atoms. The van der Waals surface area contributed by atoms with Gasteiger partial charge >= 0.3 is 5.97 Å². The van der Waals surface area contributed by atoms with Gasteiger partial charge in [-0.15, -0.1) is 0 Å². The van der Waals surface area contributed by atoms with E-state index in [1.54, 1.807) is 19.1 Å². The molecule has 0 bridgehead atoms. The average molecular weight is 684 g/mol. The maximum Gasteiger partial charge on any atom is 0.306 e. The maximum atomic E-state index is 12.7. The van der Waals surface area contributed by atoms with E-state index in [9.17, 15) is 9.59 Å². The largest absolute Gasteiger partial charge is 0.462 e. The third kappa shape index (κ3) is 33.2. The standard InChI is InChI=1S/C39H77N3O4S/c1-5-8-10-15-21-28-38(29-22-16-11-9-6-2)46-39(44)30-23-17-14-19-25-33-42(32-24-18-12-13-20-26-35-43)34-27-31-40-47-36-37(7-3)41-45-4/h35,38,40H,5-34,36H2,1-4H3/b41-37+. The Hall–Kier alpha value is -1.12. The molecule has 8 heteroatoms. The number of ether oxygens (including phenoxy) is 1. The molecule has 0 saturated carbocycles. The molecule has 0 heterocycles. The first-order valence-electron chi connectivity index (χ1n) is 19.9. The van der Waals surface area contributed by atoms with Gasteiger partial charge in [-0.1, -0.05) is 128 Å². The molecular formula is C39H77N3O4S. The highest BCUT2D eigenvalue weighted by Crippen LogP contribution is 2.18. The molecule has 0 aromatic carbocycles. The molecule has 0 atom stereocenters. The molecule has 0 saturated heterocycles. The molecule has 0 aromatic rings. The van der Waals surface area contributed by atoms with E-state index < -0.39 is 0 Å². The van der Waals surface area contributed by atoms with Gasteiger partial charge in [-0.3, -0.25) is 9.52 Å². The number of oxime groups is 1. The summed E-state index contributed by atoms with van der Waals surface area (Å²) < 4.78 is 9.50. The maximum absolute atomic E-state index is 12.7. The Morgan fingerprint density at radius 3 is 1.83 bits per heavy atom. The first kappa shape index (κ1) is 45.9. The van der Waals surface area contributed by atoms with Crippen LogP contribution >= 0.6 is 11.9 Å². The number of nitrogens with one attached hydrogen (secondary N) is 1. The number of esters is 1. The van der Waals surface area contributed by atoms with Gasteiger partial charge < -0.3 is 19.3 Å². The number of rotatable bonds is 38. The van der Waals surface area contributed by atoms with Gasteiger partial charge in [0.15, 0.2) is 0 Å². The number of carbonyl (C=O) groups excluding carboxylic acids is 2. The molecule has 278 valence electrons. The normalized spacial score (nSPS) is 11.9. The molecule has 0 radical (unpaired) electrons. The van der Waals surface area contributed by atoms with Crippen molar-refractivity contribution in [2.45, 2.75) is 194 Å². The van der Waals surface area contributed by atoms with Crippen molar-refractivity contribution in [1.82, 2.24) is 9.62 Å². The van der Waals surface area contributed by atoms with Gasteiger partial charge in [0.2, 0.25) is 0 Å². The molecule has 0 unspecified atom stereocenters. The third-order valence-corrected chi connectivity index (χ3v) is 9.82. The van der Waals surface area contributed by atoms with E-state index in [0.29, 0.717) is 12.8 Å². The number of unbranched alkanes of at least 4 members (excludes halogenated alkanes) is 17. The highest BCUT2D eigenvalue weighted by Gasteiger charge is 2.14. The number of hydrogen-bond donors (Lipinski definition) is 1. The smallest absolute Gasteiger partial charge is 0.306 e. The third-order valence-electron chi connectivity index (χ3n) is 8.93. The van der Waals surface area contributed by atoms with E-state index in [-0.39, 0.29) is 12.1 Å². The van der Waals surface area contributed by atoms with E-state index in [2.05, 4.69) is 35.5 Å². The van der Waals surface area contributed by atoms with Gasteiger partial charge in [-0.25, -0.2) is 0 Å². The monoisotopic (exact) mass is 684 g/mol. The van der Waals surface area contributed by atoms with Gasteiger partial charge in [-0.2, -0.15) is 0 Å². The summed E-state index contributed by atoms with van der Waals surface area (Å²) in [6.07, 6.45) is 30.8. The van der Waals surface area contributed by atoms with Crippen molar-refractivity contribution in [2.24, 2.45) is 5.16 Å². The quantitative estimate of drug-likeness (QED) is 0.0173. The van der Waals surface area contributed by atoms with Crippen LogP contribution < -0.4 is 4.72 Å². The van der Waals surface area contributed by atoms with Gasteiger partial charge in [-0.05, 0) is 83.8 Å². The van der Waals surface area contributed by atoms with Crippen LogP contribution in [-0.2, 0) is 19.2 Å². The first-order chi connectivity index (χ1) is 23.1. The Morgan fingerprint density at radius 1 is 0.723 bits per heavy atom. The second kappa shape index (κ2) is 37.7. The van der Waals surface area contributed by atoms with Gasteiger partial charge in [0, 0.05) is 25.1 Å². The number of carbonyl (C=O) groups is 2. The predicted molar refractivity (Wildman–Crippen MR) is 204 cm³/mol. The summed E-state index contributed by atoms with van der Waals surface area (Å²) in [4.78, 5) is 30.8. The van der Waals surface area contributed by atoms with E-state index >= 15 is 0 Å². The molecule has 0 aliphatic carbocycles. The van der Waals surface area contributed by atoms with E-state index in [4.69, 9.17) is 9.57 Å². The van der Waals surface area contributed by atoms with E-state index in [1.165, 1.54) is 103 Å². The van der Waals surface area contributed by atoms with Gasteiger partial charge in [0.25, 0.3) is 0 Å². The summed E-state index contributed by atoms with van der Waals surface area (Å²) in [5.41, 5.74) is 1.07. The van der Waals surface area contributed by atoms with Crippen LogP contribution in [0.15, 0.2) is 5.16 Å². The van der Waals surface area contributed by atoms with Crippen molar-refractivity contribution >= 4 is 29.9 Å². The summed E-state index contributed by atoms with van der Waals surface area (Å²) >= 11 is 1.72. The molecular weight excluding hydrogens is 607 g/mol. The van der Waals surface area contributed by atoms with Gasteiger partial charge in [0.1, 0.15) is 19.5 Å². The minimum atomic E-state index is 0.0260. The molecule has 0 rings (SSSR count). The van der Waals surface area contributed by atoms with Crippen LogP contribution in [0.25, 0.3) is 0 Å². The first-order valence-corrected chi connectivity index (χ1v) is 20.9. The molecule has 0 aliphatic heterocycles. The lowest BCUT2D eigenvalue weighted by molar-refractivity contribution is -0.150. The summed E-state index contributed by atoms with van der Waals surface area (Å²) in [5.74, 6) is 0.882. The fraction of sp³-hybridized carbons (Fsp3) is 0.923. The van der Waals surface area contributed by atoms with Crippen LogP contribution in [-0.4, -0.2) is 68.0 Å². The van der Waals surface area contributed by atoms with Crippen molar-refractivity contribution in [3.63, 3.8) is 0 Å². The fourth-order valence-electron chi connectivity index (χ4n) is 5.93. The molecule has 1 N–H and O–H groups in total. The summed E-state index contributed by atoms with van der Waals surface area (Å²) in [7, 11) is 1.60. The zero-order chi connectivity index (χ0) is 34.5. The molecule has 47 heavy (non-hydrogen) atoms. The Morgan fingerprint density at radius 2 is 1.26 bits per heavy atom. The van der Waals surface area contributed by atoms with Crippen LogP contribution in [0.3, 0.4) is 0 Å². The zero-order valence-corrected chi connectivity index (χ0v) is 32.3. The second-order valence-electron chi connectivity index (χ2n) is 13.3. The van der Waals surface area contributed by atoms with E-state index in [0.717, 1.165) is 95.3 Å². The zero-order valence-electron chi connectivity index (χ0n) is 31.5. The van der Waals surface area contributed by atoms with E-state index in [1.807, 2.05) is 0 Å². The van der Waals surface area contributed by atoms with Gasteiger partial charge in [0.05, 0.1) is 5.71 Å². The second-order valence-corrected chi connectivity index (χ2v) is 14.2. The average Bonchev–Trinajstić information content (AvgIpc) is 3.07. The Kier molecular flexibility index (Phi) is 36.8. The minimum Gasteiger partial charge on any atom is -0.462 e. The van der Waals surface area contributed by atoms with Crippen LogP contribution in [0.4, 0.5) is 0 Å². The topological polar surface area (TPSA) is 80.2 Å². The van der Waals surface area contributed by atoms with Crippen LogP contribution in [0.1, 0.15) is 188 Å². The molecule has 0 aromatic heterocycles. The molecule has 0 fully saturated rings. The Labute approximate surface area is 296 Å². The highest BCUT2D eigenvalue weighted by molar-refractivity contribution is 7.98. The van der Waals surface area contributed by atoms with Crippen LogP contribution in [0.5, 0.6) is 0 Å². The SMILES string of the molecule is CCCCCCCC(CCCCCCC)OC(=O)CCCCCCCN(CCCCCCCC=O)CCCNSC/C(CC)=N/OC. The lowest BCUT2D eigenvalue weighted by Gasteiger charge is -2.22. The fourth-order valence-corrected chi connectivity index (χ4v) is 6.74. The lowest BCUT2D eigenvalue weighted by atomic mass is 10.0. The lowest BCUT2D eigenvalue weighted by Crippen LogP contribution is -2.29. The summed E-state index contributed by atoms with van der Waals surface area (Å²) in [5, 5.41) is 4.08. The van der Waals surface area contributed by atoms with Crippen LogP contribution in [0.2, 0.25) is 0 Å². The number of aldehydes is 1. The van der Waals surface area contributed by atoms with Crippen molar-refractivity contribution in [2.75, 3.05) is 39.0 Å². The molecule has 7 nitrogen and oxygen atoms in total. The highest BCUT2D eigenvalue weighted by atomic mass is 32.2. The number of nitrogens with zero attached hydrogens (tertiary/aromatic N) is 2. The predicted octanol–water partition coefficient (Wildman–Crippen LogP) is 10.8. The van der Waals surface area contributed by atoms with Crippen molar-refractivity contribution < 1.29 is 19.2 Å². The summed E-state index contributed by atoms with van der Waals surface area (Å²) in [6, 6.07) is 0. The van der Waals surface area contributed by atoms with Crippen LogP contribution in [0, 0.1) is 0 Å². The summed E-state index contributed by atoms with van der Waals surface area (Å²) in [6.45, 7) is 11.0. The number of hydrogen-bond acceptors (Lipinski definition) is 8. The Balaban J connectivity index is 4.34. The van der Waals surface area contributed by atoms with Crippen molar-refractivity contribution in [1.29, 1.82) is 0 Å².